The fourth-order valence-electron chi connectivity index (χ4n) is 1.59. The number of hydrogen-bond donors (Lipinski definition) is 1. The number of hydrogen-bond acceptors (Lipinski definition) is 3. The molecule has 0 amide bonds. The van der Waals surface area contributed by atoms with Gasteiger partial charge in [-0.05, 0) is 52.2 Å². The van der Waals surface area contributed by atoms with Crippen LogP contribution in [0.3, 0.4) is 0 Å². The van der Waals surface area contributed by atoms with E-state index in [0.29, 0.717) is 6.04 Å². The summed E-state index contributed by atoms with van der Waals surface area (Å²) in [6, 6.07) is 6.42. The molecule has 88 valence electrons. The van der Waals surface area contributed by atoms with Crippen molar-refractivity contribution in [3.63, 3.8) is 0 Å². The van der Waals surface area contributed by atoms with Gasteiger partial charge in [0.05, 0.1) is 0 Å². The summed E-state index contributed by atoms with van der Waals surface area (Å²) in [7, 11) is 0. The molecule has 2 heterocycles. The topological polar surface area (TPSA) is 37.8 Å². The Morgan fingerprint density at radius 2 is 2.00 bits per heavy atom. The summed E-state index contributed by atoms with van der Waals surface area (Å²) in [5, 5.41) is 3.45. The molecule has 4 heteroatoms. The zero-order chi connectivity index (χ0) is 12.1. The first-order valence-electron chi connectivity index (χ1n) is 5.48. The van der Waals surface area contributed by atoms with Crippen LogP contribution in [0.5, 0.6) is 0 Å². The lowest BCUT2D eigenvalue weighted by atomic mass is 10.1. The number of aromatic nitrogens is 2. The molecule has 2 aromatic rings. The lowest BCUT2D eigenvalue weighted by Gasteiger charge is -2.13. The molecule has 0 aliphatic rings. The Balaban J connectivity index is 1.95. The van der Waals surface area contributed by atoms with Gasteiger partial charge in [0.15, 0.2) is 0 Å². The van der Waals surface area contributed by atoms with Crippen molar-refractivity contribution in [2.24, 2.45) is 0 Å². The second kappa shape index (κ2) is 5.89. The molecule has 1 N–H and O–H groups in total. The van der Waals surface area contributed by atoms with Crippen LogP contribution in [0.1, 0.15) is 24.1 Å². The Morgan fingerprint density at radius 1 is 1.24 bits per heavy atom. The van der Waals surface area contributed by atoms with Crippen molar-refractivity contribution in [1.29, 1.82) is 0 Å². The molecule has 0 aliphatic heterocycles. The third kappa shape index (κ3) is 3.61. The highest BCUT2D eigenvalue weighted by molar-refractivity contribution is 9.10. The zero-order valence-corrected chi connectivity index (χ0v) is 11.2. The average Bonchev–Trinajstić information content (AvgIpc) is 2.37. The van der Waals surface area contributed by atoms with Gasteiger partial charge in [0, 0.05) is 41.8 Å². The van der Waals surface area contributed by atoms with Gasteiger partial charge in [0.2, 0.25) is 0 Å². The Hall–Kier alpha value is -1.26. The maximum Gasteiger partial charge on any atom is 0.0410 e. The van der Waals surface area contributed by atoms with Gasteiger partial charge < -0.3 is 5.32 Å². The Kier molecular flexibility index (Phi) is 4.23. The van der Waals surface area contributed by atoms with Gasteiger partial charge in [-0.2, -0.15) is 0 Å². The molecule has 17 heavy (non-hydrogen) atoms. The minimum absolute atomic E-state index is 0.303. The van der Waals surface area contributed by atoms with Crippen molar-refractivity contribution in [1.82, 2.24) is 15.3 Å². The standard InChI is InChI=1S/C13H14BrN3/c1-10(12-2-4-15-5-3-12)17-8-11-6-13(14)9-16-7-11/h2-7,9-10,17H,8H2,1H3/t10-/m0/s1. The smallest absolute Gasteiger partial charge is 0.0410 e. The number of pyridine rings is 2. The van der Waals surface area contributed by atoms with Crippen LogP contribution in [0, 0.1) is 0 Å². The highest BCUT2D eigenvalue weighted by Crippen LogP contribution is 2.13. The maximum absolute atomic E-state index is 4.14. The van der Waals surface area contributed by atoms with Crippen molar-refractivity contribution in [3.8, 4) is 0 Å². The molecule has 0 radical (unpaired) electrons. The van der Waals surface area contributed by atoms with Crippen LogP contribution in [0.4, 0.5) is 0 Å². The molecule has 0 saturated carbocycles. The molecule has 1 atom stereocenters. The van der Waals surface area contributed by atoms with Crippen LogP contribution in [0.15, 0.2) is 47.5 Å². The molecule has 0 fully saturated rings. The number of rotatable bonds is 4. The summed E-state index contributed by atoms with van der Waals surface area (Å²) in [4.78, 5) is 8.15. The van der Waals surface area contributed by atoms with E-state index in [1.54, 1.807) is 6.20 Å². The molecule has 0 aliphatic carbocycles. The van der Waals surface area contributed by atoms with Gasteiger partial charge in [-0.1, -0.05) is 0 Å². The predicted octanol–water partition coefficient (Wildman–Crippen LogP) is 3.09. The fourth-order valence-corrected chi connectivity index (χ4v) is 2.01. The zero-order valence-electron chi connectivity index (χ0n) is 9.60. The van der Waals surface area contributed by atoms with Crippen LogP contribution in [-0.2, 0) is 6.54 Å². The summed E-state index contributed by atoms with van der Waals surface area (Å²) in [6.07, 6.45) is 7.29. The van der Waals surface area contributed by atoms with E-state index in [9.17, 15) is 0 Å². The summed E-state index contributed by atoms with van der Waals surface area (Å²) in [5.41, 5.74) is 2.41. The van der Waals surface area contributed by atoms with Crippen molar-refractivity contribution < 1.29 is 0 Å². The normalized spacial score (nSPS) is 12.4. The van der Waals surface area contributed by atoms with Gasteiger partial charge in [-0.15, -0.1) is 0 Å². The van der Waals surface area contributed by atoms with Crippen molar-refractivity contribution in [2.75, 3.05) is 0 Å². The second-order valence-corrected chi connectivity index (χ2v) is 4.81. The van der Waals surface area contributed by atoms with E-state index in [4.69, 9.17) is 0 Å². The highest BCUT2D eigenvalue weighted by atomic mass is 79.9. The summed E-state index contributed by atoms with van der Waals surface area (Å²) in [5.74, 6) is 0. The van der Waals surface area contributed by atoms with Crippen LogP contribution >= 0.6 is 15.9 Å². The lowest BCUT2D eigenvalue weighted by Crippen LogP contribution is -2.18. The van der Waals surface area contributed by atoms with Crippen molar-refractivity contribution in [2.45, 2.75) is 19.5 Å². The van der Waals surface area contributed by atoms with Crippen molar-refractivity contribution >= 4 is 15.9 Å². The number of nitrogens with one attached hydrogen (secondary N) is 1. The SMILES string of the molecule is C[C@H](NCc1cncc(Br)c1)c1ccncc1. The molecule has 0 saturated heterocycles. The van der Waals surface area contributed by atoms with Crippen LogP contribution in [-0.4, -0.2) is 9.97 Å². The van der Waals surface area contributed by atoms with E-state index < -0.39 is 0 Å². The highest BCUT2D eigenvalue weighted by Gasteiger charge is 2.04. The first-order valence-corrected chi connectivity index (χ1v) is 6.28. The molecule has 3 nitrogen and oxygen atoms in total. The largest absolute Gasteiger partial charge is 0.306 e. The van der Waals surface area contributed by atoms with Crippen molar-refractivity contribution in [3.05, 3.63) is 58.6 Å². The summed E-state index contributed by atoms with van der Waals surface area (Å²) in [6.45, 7) is 2.94. The summed E-state index contributed by atoms with van der Waals surface area (Å²) < 4.78 is 1.01. The van der Waals surface area contributed by atoms with Gasteiger partial charge >= 0.3 is 0 Å². The number of nitrogens with zero attached hydrogens (tertiary/aromatic N) is 2. The molecular formula is C13H14BrN3. The monoisotopic (exact) mass is 291 g/mol. The minimum Gasteiger partial charge on any atom is -0.306 e. The summed E-state index contributed by atoms with van der Waals surface area (Å²) >= 11 is 3.42. The van der Waals surface area contributed by atoms with E-state index in [1.165, 1.54) is 11.1 Å². The lowest BCUT2D eigenvalue weighted by molar-refractivity contribution is 0.573. The molecule has 0 spiro atoms. The Labute approximate surface area is 109 Å². The maximum atomic E-state index is 4.14. The van der Waals surface area contributed by atoms with E-state index >= 15 is 0 Å². The van der Waals surface area contributed by atoms with Crippen LogP contribution < -0.4 is 5.32 Å². The van der Waals surface area contributed by atoms with E-state index in [2.05, 4.69) is 44.2 Å². The molecule has 2 aromatic heterocycles. The Bertz CT molecular complexity index is 473. The molecule has 2 rings (SSSR count). The Morgan fingerprint density at radius 3 is 2.71 bits per heavy atom. The molecule has 0 bridgehead atoms. The third-order valence-corrected chi connectivity index (χ3v) is 3.01. The van der Waals surface area contributed by atoms with Gasteiger partial charge in [0.25, 0.3) is 0 Å². The predicted molar refractivity (Wildman–Crippen MR) is 71.4 cm³/mol. The quantitative estimate of drug-likeness (QED) is 0.941. The van der Waals surface area contributed by atoms with Crippen LogP contribution in [0.25, 0.3) is 0 Å². The minimum atomic E-state index is 0.303. The van der Waals surface area contributed by atoms with E-state index in [1.807, 2.05) is 30.7 Å². The molecule has 0 unspecified atom stereocenters. The van der Waals surface area contributed by atoms with Gasteiger partial charge in [-0.25, -0.2) is 0 Å². The van der Waals surface area contributed by atoms with Crippen LogP contribution in [0.2, 0.25) is 0 Å². The molecule has 0 aromatic carbocycles. The third-order valence-electron chi connectivity index (χ3n) is 2.58. The molecular weight excluding hydrogens is 278 g/mol. The van der Waals surface area contributed by atoms with E-state index in [-0.39, 0.29) is 0 Å². The fraction of sp³-hybridized carbons (Fsp3) is 0.231. The first-order chi connectivity index (χ1) is 8.25. The average molecular weight is 292 g/mol. The second-order valence-electron chi connectivity index (χ2n) is 3.89. The first kappa shape index (κ1) is 12.2. The van der Waals surface area contributed by atoms with E-state index in [0.717, 1.165) is 11.0 Å². The van der Waals surface area contributed by atoms with Gasteiger partial charge in [0.1, 0.15) is 0 Å². The number of halogens is 1. The van der Waals surface area contributed by atoms with Gasteiger partial charge in [-0.3, -0.25) is 9.97 Å².